The van der Waals surface area contributed by atoms with E-state index in [9.17, 15) is 9.18 Å². The van der Waals surface area contributed by atoms with E-state index in [0.29, 0.717) is 15.7 Å². The first-order valence-corrected chi connectivity index (χ1v) is 5.83. The van der Waals surface area contributed by atoms with Gasteiger partial charge in [0.25, 0.3) is 0 Å². The molecule has 0 aliphatic heterocycles. The highest BCUT2D eigenvalue weighted by molar-refractivity contribution is 9.10. The van der Waals surface area contributed by atoms with Gasteiger partial charge in [0.15, 0.2) is 5.78 Å². The number of hydrogen-bond acceptors (Lipinski definition) is 2. The van der Waals surface area contributed by atoms with E-state index in [4.69, 9.17) is 0 Å². The monoisotopic (exact) mass is 296 g/mol. The summed E-state index contributed by atoms with van der Waals surface area (Å²) in [5.74, 6) is -0.527. The van der Waals surface area contributed by atoms with Gasteiger partial charge in [0, 0.05) is 13.5 Å². The van der Waals surface area contributed by atoms with Crippen LogP contribution in [-0.4, -0.2) is 15.6 Å². The second-order valence-corrected chi connectivity index (χ2v) is 4.51. The normalized spacial score (nSPS) is 10.5. The van der Waals surface area contributed by atoms with Gasteiger partial charge in [-0.15, -0.1) is 0 Å². The Labute approximate surface area is 106 Å². The minimum Gasteiger partial charge on any atom is -0.292 e. The molecule has 0 N–H and O–H groups in total. The number of benzene rings is 1. The first-order valence-electron chi connectivity index (χ1n) is 5.03. The van der Waals surface area contributed by atoms with Crippen LogP contribution in [0.1, 0.15) is 16.1 Å². The van der Waals surface area contributed by atoms with Gasteiger partial charge in [-0.25, -0.2) is 4.39 Å². The van der Waals surface area contributed by atoms with Gasteiger partial charge in [-0.2, -0.15) is 5.10 Å². The van der Waals surface area contributed by atoms with Crippen LogP contribution in [0.3, 0.4) is 0 Å². The summed E-state index contributed by atoms with van der Waals surface area (Å²) in [7, 11) is 1.68. The molecule has 2 rings (SSSR count). The van der Waals surface area contributed by atoms with Crippen molar-refractivity contribution < 1.29 is 9.18 Å². The highest BCUT2D eigenvalue weighted by Crippen LogP contribution is 2.18. The maximum absolute atomic E-state index is 13.4. The van der Waals surface area contributed by atoms with Crippen LogP contribution in [0.2, 0.25) is 0 Å². The number of hydrogen-bond donors (Lipinski definition) is 0. The number of halogens is 2. The van der Waals surface area contributed by atoms with Crippen LogP contribution in [0.15, 0.2) is 34.9 Å². The fraction of sp³-hybridized carbons (Fsp3) is 0.167. The zero-order valence-electron chi connectivity index (χ0n) is 9.15. The Morgan fingerprint density at radius 1 is 1.47 bits per heavy atom. The van der Waals surface area contributed by atoms with Crippen molar-refractivity contribution in [3.05, 3.63) is 52.0 Å². The lowest BCUT2D eigenvalue weighted by molar-refractivity contribution is 0.0982. The summed E-state index contributed by atoms with van der Waals surface area (Å²) in [6.45, 7) is 0. The number of ketones is 1. The number of aryl methyl sites for hydroxylation is 1. The lowest BCUT2D eigenvalue weighted by Gasteiger charge is -2.03. The molecule has 0 saturated heterocycles. The predicted octanol–water partition coefficient (Wildman–Crippen LogP) is 2.75. The van der Waals surface area contributed by atoms with Crippen molar-refractivity contribution in [1.29, 1.82) is 0 Å². The summed E-state index contributed by atoms with van der Waals surface area (Å²) in [5, 5.41) is 3.96. The van der Waals surface area contributed by atoms with Crippen LogP contribution in [0.25, 0.3) is 0 Å². The molecule has 1 aromatic heterocycles. The Morgan fingerprint density at radius 3 is 2.76 bits per heavy atom. The van der Waals surface area contributed by atoms with Gasteiger partial charge in [-0.05, 0) is 27.6 Å². The minimum atomic E-state index is -0.362. The Kier molecular flexibility index (Phi) is 3.38. The second-order valence-electron chi connectivity index (χ2n) is 3.66. The maximum atomic E-state index is 13.4. The van der Waals surface area contributed by atoms with Gasteiger partial charge < -0.3 is 0 Å². The minimum absolute atomic E-state index is 0.0325. The Balaban J connectivity index is 2.27. The number of carbonyl (C=O) groups is 1. The average Bonchev–Trinajstić information content (AvgIpc) is 2.62. The summed E-state index contributed by atoms with van der Waals surface area (Å²) in [4.78, 5) is 12.0. The Hall–Kier alpha value is -1.49. The molecule has 3 nitrogen and oxygen atoms in total. The van der Waals surface area contributed by atoms with Crippen molar-refractivity contribution in [3.63, 3.8) is 0 Å². The lowest BCUT2D eigenvalue weighted by atomic mass is 10.1. The van der Waals surface area contributed by atoms with Gasteiger partial charge in [-0.3, -0.25) is 9.48 Å². The van der Waals surface area contributed by atoms with Gasteiger partial charge in [0.1, 0.15) is 11.5 Å². The number of nitrogens with zero attached hydrogens (tertiary/aromatic N) is 2. The maximum Gasteiger partial charge on any atom is 0.186 e. The Bertz CT molecular complexity index is 546. The molecule has 0 aliphatic carbocycles. The fourth-order valence-electron chi connectivity index (χ4n) is 1.62. The summed E-state index contributed by atoms with van der Waals surface area (Å²) in [5.41, 5.74) is 0.846. The molecule has 0 radical (unpaired) electrons. The molecule has 0 fully saturated rings. The molecular weight excluding hydrogens is 287 g/mol. The average molecular weight is 297 g/mol. The summed E-state index contributed by atoms with van der Waals surface area (Å²) >= 11 is 3.25. The zero-order valence-corrected chi connectivity index (χ0v) is 10.7. The van der Waals surface area contributed by atoms with Crippen molar-refractivity contribution in [1.82, 2.24) is 9.78 Å². The van der Waals surface area contributed by atoms with Crippen molar-refractivity contribution >= 4 is 21.7 Å². The highest BCUT2D eigenvalue weighted by Gasteiger charge is 2.16. The molecule has 1 heterocycles. The zero-order chi connectivity index (χ0) is 12.4. The molecule has 0 aliphatic rings. The van der Waals surface area contributed by atoms with Gasteiger partial charge in [0.2, 0.25) is 0 Å². The lowest BCUT2D eigenvalue weighted by Crippen LogP contribution is -2.11. The van der Waals surface area contributed by atoms with Gasteiger partial charge >= 0.3 is 0 Å². The molecule has 0 amide bonds. The number of carbonyl (C=O) groups excluding carboxylic acids is 1. The van der Waals surface area contributed by atoms with Crippen LogP contribution >= 0.6 is 15.9 Å². The molecule has 0 unspecified atom stereocenters. The van der Waals surface area contributed by atoms with E-state index in [0.717, 1.165) is 0 Å². The molecule has 0 bridgehead atoms. The SMILES string of the molecule is Cn1ncc(Br)c1C(=O)Cc1ccccc1F. The second kappa shape index (κ2) is 4.79. The van der Waals surface area contributed by atoms with E-state index in [2.05, 4.69) is 21.0 Å². The quantitative estimate of drug-likeness (QED) is 0.817. The van der Waals surface area contributed by atoms with Crippen LogP contribution in [0.4, 0.5) is 4.39 Å². The molecule has 0 atom stereocenters. The molecule has 2 aromatic rings. The smallest absolute Gasteiger partial charge is 0.186 e. The molecule has 88 valence electrons. The number of Topliss-reactive ketones (excluding diaryl/α,β-unsaturated/α-hetero) is 1. The molecule has 0 saturated carbocycles. The molecule has 5 heteroatoms. The first kappa shape index (κ1) is 12.0. The van der Waals surface area contributed by atoms with E-state index in [1.54, 1.807) is 31.4 Å². The first-order chi connectivity index (χ1) is 8.09. The van der Waals surface area contributed by atoms with Crippen LogP contribution in [-0.2, 0) is 13.5 Å². The largest absolute Gasteiger partial charge is 0.292 e. The predicted molar refractivity (Wildman–Crippen MR) is 65.3 cm³/mol. The summed E-state index contributed by atoms with van der Waals surface area (Å²) in [6, 6.07) is 6.27. The molecule has 17 heavy (non-hydrogen) atoms. The van der Waals surface area contributed by atoms with Crippen molar-refractivity contribution in [3.8, 4) is 0 Å². The third-order valence-corrected chi connectivity index (χ3v) is 3.05. The van der Waals surface area contributed by atoms with E-state index >= 15 is 0 Å². The van der Waals surface area contributed by atoms with Crippen molar-refractivity contribution in [2.24, 2.45) is 7.05 Å². The highest BCUT2D eigenvalue weighted by atomic mass is 79.9. The third-order valence-electron chi connectivity index (χ3n) is 2.47. The topological polar surface area (TPSA) is 34.9 Å². The Morgan fingerprint density at radius 2 is 2.18 bits per heavy atom. The third kappa shape index (κ3) is 2.44. The van der Waals surface area contributed by atoms with Crippen LogP contribution in [0.5, 0.6) is 0 Å². The number of aromatic nitrogens is 2. The van der Waals surface area contributed by atoms with Gasteiger partial charge in [-0.1, -0.05) is 18.2 Å². The molecular formula is C12H10BrFN2O. The van der Waals surface area contributed by atoms with E-state index in [1.165, 1.54) is 10.7 Å². The number of rotatable bonds is 3. The molecule has 1 aromatic carbocycles. The van der Waals surface area contributed by atoms with Gasteiger partial charge in [0.05, 0.1) is 10.7 Å². The molecule has 0 spiro atoms. The summed E-state index contributed by atoms with van der Waals surface area (Å²) in [6.07, 6.45) is 1.58. The standard InChI is InChI=1S/C12H10BrFN2O/c1-16-12(9(13)7-15-16)11(17)6-8-4-2-3-5-10(8)14/h2-5,7H,6H2,1H3. The van der Waals surface area contributed by atoms with E-state index in [-0.39, 0.29) is 18.0 Å². The van der Waals surface area contributed by atoms with Crippen molar-refractivity contribution in [2.45, 2.75) is 6.42 Å². The van der Waals surface area contributed by atoms with Crippen LogP contribution in [0, 0.1) is 5.82 Å². The van der Waals surface area contributed by atoms with E-state index < -0.39 is 0 Å². The van der Waals surface area contributed by atoms with E-state index in [1.807, 2.05) is 0 Å². The fourth-order valence-corrected chi connectivity index (χ4v) is 2.19. The van der Waals surface area contributed by atoms with Crippen LogP contribution < -0.4 is 0 Å². The van der Waals surface area contributed by atoms with Crippen molar-refractivity contribution in [2.75, 3.05) is 0 Å². The summed E-state index contributed by atoms with van der Waals surface area (Å²) < 4.78 is 15.5.